The van der Waals surface area contributed by atoms with E-state index in [1.165, 1.54) is 44.2 Å². The van der Waals surface area contributed by atoms with Gasteiger partial charge in [0.05, 0.1) is 0 Å². The topological polar surface area (TPSA) is 12.4 Å². The summed E-state index contributed by atoms with van der Waals surface area (Å²) < 4.78 is 0. The van der Waals surface area contributed by atoms with E-state index >= 15 is 0 Å². The minimum Gasteiger partial charge on any atom is -0.297 e. The fraction of sp³-hybridized carbons (Fsp3) is 0.900. The third-order valence-corrected chi connectivity index (χ3v) is 1.95. The van der Waals surface area contributed by atoms with Gasteiger partial charge in [-0.25, -0.2) is 0 Å². The van der Waals surface area contributed by atoms with Gasteiger partial charge < -0.3 is 0 Å². The molecule has 0 aliphatic rings. The second kappa shape index (κ2) is 7.77. The van der Waals surface area contributed by atoms with Gasteiger partial charge in [0.2, 0.25) is 0 Å². The highest BCUT2D eigenvalue weighted by molar-refractivity contribution is 5.84. The van der Waals surface area contributed by atoms with Crippen LogP contribution in [0.5, 0.6) is 0 Å². The summed E-state index contributed by atoms with van der Waals surface area (Å²) in [7, 11) is 1.92. The molecule has 11 heavy (non-hydrogen) atoms. The number of nitrogens with zero attached hydrogens (tertiary/aromatic N) is 1. The van der Waals surface area contributed by atoms with Crippen LogP contribution >= 0.6 is 0 Å². The molecule has 1 nitrogen and oxygen atoms in total. The van der Waals surface area contributed by atoms with E-state index in [1.807, 2.05) is 7.05 Å². The third kappa shape index (κ3) is 6.08. The first kappa shape index (κ1) is 10.7. The van der Waals surface area contributed by atoms with Gasteiger partial charge in [0, 0.05) is 12.8 Å². The molecule has 0 rings (SSSR count). The summed E-state index contributed by atoms with van der Waals surface area (Å²) in [5.41, 5.74) is 1.41. The van der Waals surface area contributed by atoms with E-state index in [4.69, 9.17) is 0 Å². The lowest BCUT2D eigenvalue weighted by Crippen LogP contribution is -1.97. The molecule has 0 aliphatic heterocycles. The molecule has 0 saturated heterocycles. The Labute approximate surface area is 70.9 Å². The molecule has 0 aromatic rings. The molecular weight excluding hydrogens is 134 g/mol. The lowest BCUT2D eigenvalue weighted by molar-refractivity contribution is 0.785. The van der Waals surface area contributed by atoms with Gasteiger partial charge in [-0.15, -0.1) is 0 Å². The van der Waals surface area contributed by atoms with E-state index in [9.17, 15) is 0 Å². The first-order valence-electron chi connectivity index (χ1n) is 4.79. The Kier molecular flexibility index (Phi) is 7.54. The predicted octanol–water partition coefficient (Wildman–Crippen LogP) is 3.44. The van der Waals surface area contributed by atoms with Gasteiger partial charge >= 0.3 is 0 Å². The third-order valence-electron chi connectivity index (χ3n) is 1.95. The molecule has 0 heterocycles. The standard InChI is InChI=1S/C10H21N/c1-4-6-8-10(11-3)9-7-5-2/h4-9H2,1-3H3. The number of rotatable bonds is 6. The average Bonchev–Trinajstić information content (AvgIpc) is 2.05. The lowest BCUT2D eigenvalue weighted by atomic mass is 10.1. The maximum absolute atomic E-state index is 4.28. The zero-order valence-corrected chi connectivity index (χ0v) is 8.19. The van der Waals surface area contributed by atoms with Crippen molar-refractivity contribution < 1.29 is 0 Å². The van der Waals surface area contributed by atoms with E-state index in [0.29, 0.717) is 0 Å². The Balaban J connectivity index is 3.43. The highest BCUT2D eigenvalue weighted by Gasteiger charge is 1.95. The van der Waals surface area contributed by atoms with Crippen LogP contribution in [0.1, 0.15) is 52.4 Å². The van der Waals surface area contributed by atoms with Crippen LogP contribution in [0.25, 0.3) is 0 Å². The fourth-order valence-corrected chi connectivity index (χ4v) is 1.11. The van der Waals surface area contributed by atoms with Gasteiger partial charge in [-0.1, -0.05) is 26.7 Å². The summed E-state index contributed by atoms with van der Waals surface area (Å²) in [5.74, 6) is 0. The summed E-state index contributed by atoms with van der Waals surface area (Å²) in [6.07, 6.45) is 7.60. The van der Waals surface area contributed by atoms with E-state index in [0.717, 1.165) is 0 Å². The van der Waals surface area contributed by atoms with Gasteiger partial charge in [0.25, 0.3) is 0 Å². The Bertz CT molecular complexity index is 95.4. The quantitative estimate of drug-likeness (QED) is 0.521. The van der Waals surface area contributed by atoms with Crippen molar-refractivity contribution in [1.82, 2.24) is 0 Å². The van der Waals surface area contributed by atoms with Crippen molar-refractivity contribution in [3.63, 3.8) is 0 Å². The Morgan fingerprint density at radius 2 is 1.45 bits per heavy atom. The molecule has 0 radical (unpaired) electrons. The van der Waals surface area contributed by atoms with Crippen LogP contribution in [0.4, 0.5) is 0 Å². The second-order valence-corrected chi connectivity index (χ2v) is 3.00. The van der Waals surface area contributed by atoms with Crippen LogP contribution in [0, 0.1) is 0 Å². The van der Waals surface area contributed by atoms with Crippen LogP contribution in [-0.4, -0.2) is 12.8 Å². The Hall–Kier alpha value is -0.330. The van der Waals surface area contributed by atoms with Gasteiger partial charge in [0.1, 0.15) is 0 Å². The van der Waals surface area contributed by atoms with Crippen LogP contribution < -0.4 is 0 Å². The maximum Gasteiger partial charge on any atom is 0.0276 e. The number of hydrogen-bond donors (Lipinski definition) is 0. The largest absolute Gasteiger partial charge is 0.297 e. The van der Waals surface area contributed by atoms with Gasteiger partial charge in [-0.3, -0.25) is 4.99 Å². The second-order valence-electron chi connectivity index (χ2n) is 3.00. The highest BCUT2D eigenvalue weighted by Crippen LogP contribution is 2.04. The molecule has 0 bridgehead atoms. The first-order valence-corrected chi connectivity index (χ1v) is 4.79. The molecule has 0 spiro atoms. The Morgan fingerprint density at radius 3 is 1.73 bits per heavy atom. The smallest absolute Gasteiger partial charge is 0.0276 e. The molecule has 0 atom stereocenters. The number of unbranched alkanes of at least 4 members (excludes halogenated alkanes) is 2. The molecule has 0 aromatic carbocycles. The van der Waals surface area contributed by atoms with Crippen molar-refractivity contribution >= 4 is 5.71 Å². The predicted molar refractivity (Wildman–Crippen MR) is 52.4 cm³/mol. The van der Waals surface area contributed by atoms with E-state index in [2.05, 4.69) is 18.8 Å². The van der Waals surface area contributed by atoms with Crippen LogP contribution in [0.3, 0.4) is 0 Å². The minimum absolute atomic E-state index is 1.22. The van der Waals surface area contributed by atoms with Crippen molar-refractivity contribution in [3.8, 4) is 0 Å². The number of aliphatic imine (C=N–C) groups is 1. The zero-order chi connectivity index (χ0) is 8.53. The van der Waals surface area contributed by atoms with Crippen molar-refractivity contribution in [2.45, 2.75) is 52.4 Å². The van der Waals surface area contributed by atoms with Gasteiger partial charge in [-0.2, -0.15) is 0 Å². The maximum atomic E-state index is 4.28. The van der Waals surface area contributed by atoms with Crippen molar-refractivity contribution in [3.05, 3.63) is 0 Å². The molecule has 0 N–H and O–H groups in total. The SMILES string of the molecule is CCCCC(CCCC)=NC. The molecule has 66 valence electrons. The normalized spacial score (nSPS) is 9.73. The van der Waals surface area contributed by atoms with E-state index in [-0.39, 0.29) is 0 Å². The van der Waals surface area contributed by atoms with Crippen LogP contribution in [0.2, 0.25) is 0 Å². The molecule has 0 saturated carbocycles. The fourth-order valence-electron chi connectivity index (χ4n) is 1.11. The summed E-state index contributed by atoms with van der Waals surface area (Å²) in [6.45, 7) is 4.46. The number of hydrogen-bond acceptors (Lipinski definition) is 1. The molecule has 0 unspecified atom stereocenters. The molecule has 0 aromatic heterocycles. The zero-order valence-electron chi connectivity index (χ0n) is 8.19. The lowest BCUT2D eigenvalue weighted by Gasteiger charge is -2.02. The Morgan fingerprint density at radius 1 is 1.00 bits per heavy atom. The molecule has 0 aliphatic carbocycles. The summed E-state index contributed by atoms with van der Waals surface area (Å²) in [4.78, 5) is 4.28. The highest BCUT2D eigenvalue weighted by atomic mass is 14.7. The van der Waals surface area contributed by atoms with Crippen LogP contribution in [-0.2, 0) is 0 Å². The minimum atomic E-state index is 1.22. The average molecular weight is 155 g/mol. The van der Waals surface area contributed by atoms with Gasteiger partial charge in [-0.05, 0) is 25.7 Å². The summed E-state index contributed by atoms with van der Waals surface area (Å²) in [5, 5.41) is 0. The van der Waals surface area contributed by atoms with E-state index < -0.39 is 0 Å². The molecule has 0 fully saturated rings. The molecule has 1 heteroatoms. The van der Waals surface area contributed by atoms with Gasteiger partial charge in [0.15, 0.2) is 0 Å². The summed E-state index contributed by atoms with van der Waals surface area (Å²) in [6, 6.07) is 0. The monoisotopic (exact) mass is 155 g/mol. The molecule has 0 amide bonds. The van der Waals surface area contributed by atoms with Crippen molar-refractivity contribution in [2.75, 3.05) is 7.05 Å². The summed E-state index contributed by atoms with van der Waals surface area (Å²) >= 11 is 0. The first-order chi connectivity index (χ1) is 5.35. The van der Waals surface area contributed by atoms with Crippen molar-refractivity contribution in [2.24, 2.45) is 4.99 Å². The van der Waals surface area contributed by atoms with Crippen LogP contribution in [0.15, 0.2) is 4.99 Å². The molecular formula is C10H21N. The van der Waals surface area contributed by atoms with Crippen molar-refractivity contribution in [1.29, 1.82) is 0 Å². The van der Waals surface area contributed by atoms with E-state index in [1.54, 1.807) is 0 Å².